The summed E-state index contributed by atoms with van der Waals surface area (Å²) < 4.78 is 33.8. The Morgan fingerprint density at radius 2 is 1.36 bits per heavy atom. The number of carbonyl (C=O) groups is 1. The van der Waals surface area contributed by atoms with Gasteiger partial charge in [-0.25, -0.2) is 4.79 Å². The lowest BCUT2D eigenvalue weighted by Crippen LogP contribution is -2.69. The summed E-state index contributed by atoms with van der Waals surface area (Å²) in [6.07, 6.45) is -16.9. The number of phenolic OH excluding ortho intramolecular Hbond substituents is 3. The molecule has 11 N–H and O–H groups in total. The van der Waals surface area contributed by atoms with Crippen LogP contribution in [-0.2, 0) is 14.2 Å². The highest BCUT2D eigenvalue weighted by atomic mass is 16.9. The molecule has 3 heterocycles. The predicted octanol–water partition coefficient (Wildman–Crippen LogP) is -1.88. The Kier molecular flexibility index (Phi) is 10.5. The lowest BCUT2D eigenvalue weighted by atomic mass is 9.97. The average molecular weight is 747 g/mol. The third-order valence-electron chi connectivity index (χ3n) is 8.63. The zero-order valence-corrected chi connectivity index (χ0v) is 27.1. The van der Waals surface area contributed by atoms with Crippen LogP contribution in [-0.4, -0.2) is 136 Å². The standard InChI is InChI=1S/C34H34O19/c35-11-20-23(40)26(43)28(45)33(50-20)48-17-9-18(39)22-19(10-17)49-29(13-1-5-15(37)6-2-13)30(25(22)42)52-34(31(46)27(44)24(41)21(12-36)51-34)53-32(47)14-3-7-16(38)8-4-14/h1-10,20-21,23-24,26-28,31,33,35-41,43-46H,11-12H2/t20-,21+,23-,24+,26+,27-,28-,31+,33-,34-/m0/s1. The topological polar surface area (TPSA) is 316 Å². The van der Waals surface area contributed by atoms with Gasteiger partial charge < -0.3 is 79.5 Å². The van der Waals surface area contributed by atoms with Crippen molar-refractivity contribution in [2.45, 2.75) is 61.1 Å². The Morgan fingerprint density at radius 1 is 0.755 bits per heavy atom. The van der Waals surface area contributed by atoms with E-state index in [0.717, 1.165) is 36.4 Å². The zero-order chi connectivity index (χ0) is 38.4. The summed E-state index contributed by atoms with van der Waals surface area (Å²) >= 11 is 0. The van der Waals surface area contributed by atoms with E-state index >= 15 is 0 Å². The van der Waals surface area contributed by atoms with E-state index in [2.05, 4.69) is 0 Å². The summed E-state index contributed by atoms with van der Waals surface area (Å²) in [6, 6.07) is 11.3. The Balaban J connectivity index is 1.49. The molecule has 0 saturated carbocycles. The maximum absolute atomic E-state index is 14.3. The molecule has 1 aromatic heterocycles. The molecule has 284 valence electrons. The van der Waals surface area contributed by atoms with Gasteiger partial charge in [0.2, 0.25) is 17.5 Å². The summed E-state index contributed by atoms with van der Waals surface area (Å²) in [4.78, 5) is 27.6. The molecule has 6 rings (SSSR count). The monoisotopic (exact) mass is 746 g/mol. The fourth-order valence-electron chi connectivity index (χ4n) is 5.75. The molecule has 0 radical (unpaired) electrons. The van der Waals surface area contributed by atoms with E-state index < -0.39 is 114 Å². The molecule has 2 fully saturated rings. The summed E-state index contributed by atoms with van der Waals surface area (Å²) in [6.45, 7) is -1.79. The van der Waals surface area contributed by atoms with E-state index in [9.17, 15) is 65.8 Å². The number of aromatic hydroxyl groups is 3. The van der Waals surface area contributed by atoms with Gasteiger partial charge in [0.1, 0.15) is 76.7 Å². The van der Waals surface area contributed by atoms with Gasteiger partial charge in [-0.3, -0.25) is 9.53 Å². The average Bonchev–Trinajstić information content (AvgIpc) is 3.14. The van der Waals surface area contributed by atoms with Gasteiger partial charge in [-0.15, -0.1) is 0 Å². The quantitative estimate of drug-likeness (QED) is 0.0659. The van der Waals surface area contributed by atoms with Crippen LogP contribution in [0.15, 0.2) is 69.9 Å². The van der Waals surface area contributed by atoms with Gasteiger partial charge in [0.25, 0.3) is 0 Å². The summed E-state index contributed by atoms with van der Waals surface area (Å²) in [5.41, 5.74) is -1.91. The number of hydrogen-bond acceptors (Lipinski definition) is 19. The second-order valence-corrected chi connectivity index (χ2v) is 12.2. The number of hydrogen-bond donors (Lipinski definition) is 11. The molecule has 0 unspecified atom stereocenters. The molecule has 10 atom stereocenters. The largest absolute Gasteiger partial charge is 0.508 e. The van der Waals surface area contributed by atoms with Crippen LogP contribution in [0.2, 0.25) is 0 Å². The van der Waals surface area contributed by atoms with Gasteiger partial charge in [-0.1, -0.05) is 0 Å². The molecular weight excluding hydrogens is 712 g/mol. The first-order valence-corrected chi connectivity index (χ1v) is 15.8. The van der Waals surface area contributed by atoms with Gasteiger partial charge in [-0.2, -0.15) is 0 Å². The molecule has 53 heavy (non-hydrogen) atoms. The Morgan fingerprint density at radius 3 is 1.98 bits per heavy atom. The van der Waals surface area contributed by atoms with E-state index in [1.54, 1.807) is 0 Å². The third-order valence-corrected chi connectivity index (χ3v) is 8.63. The molecule has 19 heteroatoms. The second-order valence-electron chi connectivity index (χ2n) is 12.2. The molecule has 2 aliphatic rings. The Labute approximate surface area is 296 Å². The molecule has 0 spiro atoms. The van der Waals surface area contributed by atoms with Crippen molar-refractivity contribution in [1.29, 1.82) is 0 Å². The summed E-state index contributed by atoms with van der Waals surface area (Å²) in [5, 5.41) is 113. The van der Waals surface area contributed by atoms with Crippen LogP contribution < -0.4 is 14.9 Å². The van der Waals surface area contributed by atoms with Gasteiger partial charge >= 0.3 is 11.9 Å². The Hall–Kier alpha value is -5.06. The first kappa shape index (κ1) is 37.7. The number of ether oxygens (including phenoxy) is 5. The number of benzene rings is 3. The van der Waals surface area contributed by atoms with E-state index in [-0.39, 0.29) is 28.4 Å². The maximum Gasteiger partial charge on any atom is 0.405 e. The van der Waals surface area contributed by atoms with Crippen molar-refractivity contribution in [2.24, 2.45) is 0 Å². The van der Waals surface area contributed by atoms with Crippen molar-refractivity contribution < 1.29 is 89.1 Å². The molecule has 19 nitrogen and oxygen atoms in total. The lowest BCUT2D eigenvalue weighted by molar-refractivity contribution is -0.418. The van der Waals surface area contributed by atoms with E-state index in [0.29, 0.717) is 0 Å². The highest BCUT2D eigenvalue weighted by molar-refractivity contribution is 5.90. The molecule has 0 amide bonds. The minimum absolute atomic E-state index is 0.0128. The van der Waals surface area contributed by atoms with E-state index in [1.165, 1.54) is 24.3 Å². The van der Waals surface area contributed by atoms with Gasteiger partial charge in [0.05, 0.1) is 18.8 Å². The van der Waals surface area contributed by atoms with E-state index in [1.807, 2.05) is 0 Å². The minimum atomic E-state index is -3.23. The van der Waals surface area contributed by atoms with Crippen molar-refractivity contribution >= 4 is 16.9 Å². The molecular formula is C34H34O19. The number of aliphatic hydroxyl groups excluding tert-OH is 8. The van der Waals surface area contributed by atoms with Crippen LogP contribution >= 0.6 is 0 Å². The fraction of sp³-hybridized carbons (Fsp3) is 0.353. The van der Waals surface area contributed by atoms with Gasteiger partial charge in [-0.05, 0) is 48.5 Å². The van der Waals surface area contributed by atoms with Crippen molar-refractivity contribution in [1.82, 2.24) is 0 Å². The van der Waals surface area contributed by atoms with Crippen molar-refractivity contribution in [2.75, 3.05) is 13.2 Å². The molecule has 3 aromatic carbocycles. The number of esters is 1. The fourth-order valence-corrected chi connectivity index (χ4v) is 5.75. The number of rotatable bonds is 9. The van der Waals surface area contributed by atoms with Crippen molar-refractivity contribution in [3.05, 3.63) is 76.5 Å². The van der Waals surface area contributed by atoms with Crippen LogP contribution in [0, 0.1) is 0 Å². The third kappa shape index (κ3) is 7.05. The number of carbonyl (C=O) groups excluding carboxylic acids is 1. The first-order valence-electron chi connectivity index (χ1n) is 15.8. The Bertz CT molecular complexity index is 1990. The SMILES string of the molecule is O=C(O[C@]1(Oc2c(-c3ccc(O)cc3)oc3cc(O[C@H]4O[C@@H](CO)[C@H](O)[C@@H](O)[C@@H]4O)cc(O)c3c2=O)O[C@H](CO)[C@@H](O)[C@H](O)[C@H]1O)c1ccc(O)cc1. The normalized spacial score (nSPS) is 30.2. The maximum atomic E-state index is 14.3. The van der Waals surface area contributed by atoms with Crippen LogP contribution in [0.25, 0.3) is 22.3 Å². The number of aliphatic hydroxyl groups is 8. The molecule has 2 aliphatic heterocycles. The number of phenols is 3. The van der Waals surface area contributed by atoms with E-state index in [4.69, 9.17) is 28.1 Å². The lowest BCUT2D eigenvalue weighted by Gasteiger charge is -2.45. The highest BCUT2D eigenvalue weighted by Crippen LogP contribution is 2.41. The summed E-state index contributed by atoms with van der Waals surface area (Å²) in [5.74, 6) is -7.60. The molecule has 4 aromatic rings. The molecule has 0 bridgehead atoms. The van der Waals surface area contributed by atoms with Crippen LogP contribution in [0.3, 0.4) is 0 Å². The molecule has 2 saturated heterocycles. The van der Waals surface area contributed by atoms with Crippen molar-refractivity contribution in [3.8, 4) is 40.1 Å². The summed E-state index contributed by atoms with van der Waals surface area (Å²) in [7, 11) is 0. The van der Waals surface area contributed by atoms with Gasteiger partial charge in [0.15, 0.2) is 11.9 Å². The first-order chi connectivity index (χ1) is 25.2. The highest BCUT2D eigenvalue weighted by Gasteiger charge is 2.60. The number of fused-ring (bicyclic) bond motifs is 1. The molecule has 0 aliphatic carbocycles. The van der Waals surface area contributed by atoms with Crippen molar-refractivity contribution in [3.63, 3.8) is 0 Å². The zero-order valence-electron chi connectivity index (χ0n) is 27.1. The van der Waals surface area contributed by atoms with Crippen LogP contribution in [0.4, 0.5) is 0 Å². The van der Waals surface area contributed by atoms with Gasteiger partial charge in [0, 0.05) is 17.7 Å². The second kappa shape index (κ2) is 14.8. The smallest absolute Gasteiger partial charge is 0.405 e. The predicted molar refractivity (Wildman–Crippen MR) is 173 cm³/mol. The van der Waals surface area contributed by atoms with Crippen LogP contribution in [0.5, 0.6) is 28.7 Å². The minimum Gasteiger partial charge on any atom is -0.508 e. The van der Waals surface area contributed by atoms with Crippen LogP contribution in [0.1, 0.15) is 10.4 Å².